The summed E-state index contributed by atoms with van der Waals surface area (Å²) in [6.07, 6.45) is -15.6. The van der Waals surface area contributed by atoms with Crippen molar-refractivity contribution in [2.45, 2.75) is 66.7 Å². The highest BCUT2D eigenvalue weighted by atomic mass is 32.2. The largest absolute Gasteiger partial charge is 0.394 e. The molecule has 2 aromatic carbocycles. The zero-order valence-electron chi connectivity index (χ0n) is 22.4. The second-order valence-electron chi connectivity index (χ2n) is 9.72. The first-order chi connectivity index (χ1) is 20.0. The molecule has 1 amide bonds. The molecule has 0 saturated carbocycles. The van der Waals surface area contributed by atoms with Gasteiger partial charge in [0.2, 0.25) is 5.91 Å². The van der Waals surface area contributed by atoms with Crippen molar-refractivity contribution in [3.8, 4) is 0 Å². The quantitative estimate of drug-likeness (QED) is 0.134. The molecule has 2 aromatic rings. The first kappa shape index (κ1) is 34.1. The van der Waals surface area contributed by atoms with Crippen LogP contribution in [0.5, 0.6) is 0 Å². The minimum atomic E-state index is -1.74. The van der Waals surface area contributed by atoms with E-state index in [1.54, 1.807) is 0 Å². The van der Waals surface area contributed by atoms with E-state index in [0.29, 0.717) is 0 Å². The molecule has 10 N–H and O–H groups in total. The van der Waals surface area contributed by atoms with Gasteiger partial charge >= 0.3 is 0 Å². The summed E-state index contributed by atoms with van der Waals surface area (Å²) >= 11 is 0. The van der Waals surface area contributed by atoms with Crippen LogP contribution in [0.25, 0.3) is 0 Å². The number of rotatable bonds is 9. The van der Waals surface area contributed by atoms with E-state index in [0.717, 1.165) is 11.1 Å². The molecule has 15 heteroatoms. The fraction of sp³-hybridized carbons (Fsp3) is 0.519. The fourth-order valence-electron chi connectivity index (χ4n) is 4.54. The molecule has 2 aliphatic rings. The monoisotopic (exact) mass is 615 g/mol. The number of hydrogen-bond donors (Lipinski definition) is 9. The minimum absolute atomic E-state index is 0.131. The van der Waals surface area contributed by atoms with E-state index >= 15 is 0 Å². The van der Waals surface area contributed by atoms with Gasteiger partial charge in [0.15, 0.2) is 12.6 Å². The molecular formula is C27H37NO13S. The zero-order valence-corrected chi connectivity index (χ0v) is 23.2. The Morgan fingerprint density at radius 1 is 0.762 bits per heavy atom. The lowest BCUT2D eigenvalue weighted by Gasteiger charge is -2.45. The lowest BCUT2D eigenvalue weighted by atomic mass is 9.97. The molecule has 0 bridgehead atoms. The van der Waals surface area contributed by atoms with Crippen molar-refractivity contribution in [2.75, 3.05) is 19.0 Å². The van der Waals surface area contributed by atoms with E-state index < -0.39 is 91.3 Å². The number of amides is 1. The van der Waals surface area contributed by atoms with E-state index in [4.69, 9.17) is 25.1 Å². The maximum Gasteiger partial charge on any atom is 0.230 e. The second-order valence-corrected chi connectivity index (χ2v) is 11.2. The molecule has 0 aliphatic carbocycles. The van der Waals surface area contributed by atoms with Crippen molar-refractivity contribution in [1.82, 2.24) is 0 Å². The van der Waals surface area contributed by atoms with Gasteiger partial charge in [-0.05, 0) is 11.1 Å². The number of hydrogen-bond acceptors (Lipinski definition) is 13. The van der Waals surface area contributed by atoms with E-state index in [2.05, 4.69) is 0 Å². The maximum absolute atomic E-state index is 12.4. The van der Waals surface area contributed by atoms with Crippen LogP contribution in [0.4, 0.5) is 0 Å². The zero-order chi connectivity index (χ0) is 31.0. The molecule has 0 spiro atoms. The number of carbonyl (C=O) groups excluding carboxylic acids is 1. The molecule has 42 heavy (non-hydrogen) atoms. The number of nitrogens with two attached hydrogens (primary N) is 1. The van der Waals surface area contributed by atoms with E-state index in [9.17, 15) is 44.7 Å². The number of aliphatic hydroxyl groups is 8. The SMILES string of the molecule is NC(=O)CS(=O)C(c1ccccc1)c1ccccc1.OC[C@H]1O[C@@H](O[C@H]2[C@H](O)[C@@H](O)[C@H](O)O[C@@H]2CO)[C@H](O)[C@@H](O)[C@H]1O. The third-order valence-corrected chi connectivity index (χ3v) is 8.37. The van der Waals surface area contributed by atoms with Crippen LogP contribution in [0.2, 0.25) is 0 Å². The van der Waals surface area contributed by atoms with Gasteiger partial charge in [-0.2, -0.15) is 0 Å². The van der Waals surface area contributed by atoms with Crippen LogP contribution in [0.1, 0.15) is 16.4 Å². The minimum Gasteiger partial charge on any atom is -0.394 e. The summed E-state index contributed by atoms with van der Waals surface area (Å²) in [5.74, 6) is -0.677. The average molecular weight is 616 g/mol. The predicted molar refractivity (Wildman–Crippen MR) is 146 cm³/mol. The van der Waals surface area contributed by atoms with Crippen molar-refractivity contribution in [1.29, 1.82) is 0 Å². The molecule has 0 radical (unpaired) electrons. The van der Waals surface area contributed by atoms with Gasteiger partial charge in [0.05, 0.1) is 18.5 Å². The summed E-state index contributed by atoms with van der Waals surface area (Å²) in [7, 11) is -1.36. The lowest BCUT2D eigenvalue weighted by molar-refractivity contribution is -0.355. The van der Waals surface area contributed by atoms with Gasteiger partial charge in [-0.15, -0.1) is 0 Å². The summed E-state index contributed by atoms with van der Waals surface area (Å²) in [6, 6.07) is 19.0. The number of primary amides is 1. The summed E-state index contributed by atoms with van der Waals surface area (Å²) in [4.78, 5) is 11.0. The molecule has 11 atom stereocenters. The highest BCUT2D eigenvalue weighted by Gasteiger charge is 2.50. The molecule has 14 nitrogen and oxygen atoms in total. The lowest BCUT2D eigenvalue weighted by Crippen LogP contribution is -2.64. The third-order valence-electron chi connectivity index (χ3n) is 6.73. The van der Waals surface area contributed by atoms with Crippen LogP contribution in [0, 0.1) is 0 Å². The Morgan fingerprint density at radius 3 is 1.76 bits per heavy atom. The van der Waals surface area contributed by atoms with Crippen LogP contribution in [0.3, 0.4) is 0 Å². The average Bonchev–Trinajstić information content (AvgIpc) is 2.98. The molecule has 4 rings (SSSR count). The van der Waals surface area contributed by atoms with Crippen LogP contribution in [0.15, 0.2) is 60.7 Å². The molecule has 2 heterocycles. The van der Waals surface area contributed by atoms with Crippen molar-refractivity contribution in [3.63, 3.8) is 0 Å². The molecule has 2 saturated heterocycles. The van der Waals surface area contributed by atoms with Gasteiger partial charge in [-0.3, -0.25) is 9.00 Å². The van der Waals surface area contributed by atoms with Crippen molar-refractivity contribution >= 4 is 16.7 Å². The first-order valence-corrected chi connectivity index (χ1v) is 14.4. The molecule has 1 unspecified atom stereocenters. The first-order valence-electron chi connectivity index (χ1n) is 13.0. The van der Waals surface area contributed by atoms with E-state index in [1.165, 1.54) is 0 Å². The third kappa shape index (κ3) is 8.37. The van der Waals surface area contributed by atoms with E-state index in [1.807, 2.05) is 60.7 Å². The predicted octanol–water partition coefficient (Wildman–Crippen LogP) is -3.39. The van der Waals surface area contributed by atoms with Gasteiger partial charge in [-0.25, -0.2) is 0 Å². The topological polar surface area (TPSA) is 250 Å². The Labute approximate surface area is 244 Å². The molecule has 0 aromatic heterocycles. The Kier molecular flexibility index (Phi) is 12.9. The summed E-state index contributed by atoms with van der Waals surface area (Å²) in [5.41, 5.74) is 7.00. The van der Waals surface area contributed by atoms with Gasteiger partial charge in [-0.1, -0.05) is 60.7 Å². The van der Waals surface area contributed by atoms with Crippen molar-refractivity contribution in [3.05, 3.63) is 71.8 Å². The van der Waals surface area contributed by atoms with Crippen LogP contribution < -0.4 is 5.73 Å². The van der Waals surface area contributed by atoms with Crippen LogP contribution >= 0.6 is 0 Å². The smallest absolute Gasteiger partial charge is 0.230 e. The van der Waals surface area contributed by atoms with E-state index in [-0.39, 0.29) is 11.0 Å². The Balaban J connectivity index is 0.000000235. The number of ether oxygens (including phenoxy) is 3. The normalized spacial score (nSPS) is 33.8. The van der Waals surface area contributed by atoms with Crippen LogP contribution in [-0.4, -0.2) is 131 Å². The maximum atomic E-state index is 12.4. The van der Waals surface area contributed by atoms with Gasteiger partial charge in [0.1, 0.15) is 54.6 Å². The van der Waals surface area contributed by atoms with Crippen LogP contribution in [-0.2, 0) is 29.8 Å². The highest BCUT2D eigenvalue weighted by Crippen LogP contribution is 2.29. The van der Waals surface area contributed by atoms with Crippen molar-refractivity contribution in [2.24, 2.45) is 5.73 Å². The molecule has 2 fully saturated rings. The summed E-state index contributed by atoms with van der Waals surface area (Å²) in [6.45, 7) is -1.35. The Hall–Kier alpha value is -2.38. The van der Waals surface area contributed by atoms with Gasteiger partial charge < -0.3 is 60.8 Å². The van der Waals surface area contributed by atoms with Gasteiger partial charge in [0.25, 0.3) is 0 Å². The summed E-state index contributed by atoms with van der Waals surface area (Å²) in [5, 5.41) is 76.2. The number of aliphatic hydroxyl groups excluding tert-OH is 8. The fourth-order valence-corrected chi connectivity index (χ4v) is 5.91. The Bertz CT molecular complexity index is 1090. The van der Waals surface area contributed by atoms with Crippen molar-refractivity contribution < 1.29 is 64.1 Å². The summed E-state index contributed by atoms with van der Waals surface area (Å²) < 4.78 is 27.6. The molecule has 234 valence electrons. The number of benzene rings is 2. The highest BCUT2D eigenvalue weighted by molar-refractivity contribution is 7.86. The molecule has 2 aliphatic heterocycles. The van der Waals surface area contributed by atoms with Gasteiger partial charge in [0, 0.05) is 10.8 Å². The molecular weight excluding hydrogens is 578 g/mol. The standard InChI is InChI=1S/C15H15NO2S.C12H22O11/c16-14(17)11-19(18)15(12-7-3-1-4-8-12)13-9-5-2-6-10-13;13-1-3-5(15)6(16)9(19)12(22-3)23-10-4(2-14)21-11(20)8(18)7(10)17/h1-10,15H,11H2,(H2,16,17);3-20H,1-2H2/t;3-,4-,5+,6+,7-,8-,9-,10-,11-,12+/m.1/s1. The second kappa shape index (κ2) is 15.9. The number of carbonyl (C=O) groups is 1. The Morgan fingerprint density at radius 2 is 1.29 bits per heavy atom.